The average molecular weight is 401 g/mol. The third-order valence-corrected chi connectivity index (χ3v) is 6.03. The minimum atomic E-state index is -3.62. The number of benzene rings is 2. The van der Waals surface area contributed by atoms with Gasteiger partial charge in [0.2, 0.25) is 21.8 Å². The van der Waals surface area contributed by atoms with E-state index in [-0.39, 0.29) is 23.3 Å². The van der Waals surface area contributed by atoms with Crippen LogP contribution in [0, 0.1) is 0 Å². The minimum absolute atomic E-state index is 0.0769. The lowest BCUT2D eigenvalue weighted by Crippen LogP contribution is -2.35. The number of sulfonamides is 1. The fourth-order valence-corrected chi connectivity index (χ4v) is 4.14. The molecule has 2 aromatic rings. The zero-order valence-electron chi connectivity index (χ0n) is 15.6. The number of hydrogen-bond acceptors (Lipinski definition) is 4. The van der Waals surface area contributed by atoms with Crippen LogP contribution < -0.4 is 10.0 Å². The molecule has 0 radical (unpaired) electrons. The van der Waals surface area contributed by atoms with Crippen molar-refractivity contribution in [2.75, 3.05) is 25.0 Å². The number of carbonyl (C=O) groups excluding carboxylic acids is 2. The monoisotopic (exact) mass is 401 g/mol. The fraction of sp³-hybridized carbons (Fsp3) is 0.300. The first-order chi connectivity index (χ1) is 13.3. The van der Waals surface area contributed by atoms with Crippen molar-refractivity contribution in [2.45, 2.75) is 24.7 Å². The molecule has 0 bridgehead atoms. The molecule has 7 nitrogen and oxygen atoms in total. The van der Waals surface area contributed by atoms with Crippen LogP contribution in [0.15, 0.2) is 53.4 Å². The normalized spacial score (nSPS) is 14.3. The zero-order chi connectivity index (χ0) is 20.1. The van der Waals surface area contributed by atoms with Crippen molar-refractivity contribution in [1.29, 1.82) is 0 Å². The standard InChI is InChI=1S/C20H23N3O4S/c1-15(24)22-18-8-4-16(5-9-18)17-6-10-19(11-7-17)28(26,27)21-12-14-23-13-2-3-20(23)25/h4-11,21H,2-3,12-14H2,1H3,(H,22,24). The van der Waals surface area contributed by atoms with Gasteiger partial charge in [0.05, 0.1) is 4.90 Å². The molecular weight excluding hydrogens is 378 g/mol. The molecule has 2 N–H and O–H groups in total. The van der Waals surface area contributed by atoms with E-state index in [9.17, 15) is 18.0 Å². The summed E-state index contributed by atoms with van der Waals surface area (Å²) in [7, 11) is -3.62. The maximum Gasteiger partial charge on any atom is 0.240 e. The largest absolute Gasteiger partial charge is 0.341 e. The van der Waals surface area contributed by atoms with Gasteiger partial charge < -0.3 is 10.2 Å². The zero-order valence-corrected chi connectivity index (χ0v) is 16.5. The summed E-state index contributed by atoms with van der Waals surface area (Å²) < 4.78 is 27.4. The smallest absolute Gasteiger partial charge is 0.240 e. The Hall–Kier alpha value is -2.71. The number of nitrogens with zero attached hydrogens (tertiary/aromatic N) is 1. The Morgan fingerprint density at radius 1 is 1.04 bits per heavy atom. The SMILES string of the molecule is CC(=O)Nc1ccc(-c2ccc(S(=O)(=O)NCCN3CCCC3=O)cc2)cc1. The number of nitrogens with one attached hydrogen (secondary N) is 2. The average Bonchev–Trinajstić information content (AvgIpc) is 3.07. The molecule has 1 fully saturated rings. The number of amides is 2. The van der Waals surface area contributed by atoms with Crippen LogP contribution in [-0.2, 0) is 19.6 Å². The highest BCUT2D eigenvalue weighted by Crippen LogP contribution is 2.23. The Bertz CT molecular complexity index is 954. The van der Waals surface area contributed by atoms with Gasteiger partial charge in [-0.2, -0.15) is 0 Å². The number of carbonyl (C=O) groups is 2. The Morgan fingerprint density at radius 2 is 1.64 bits per heavy atom. The second-order valence-electron chi connectivity index (χ2n) is 6.67. The van der Waals surface area contributed by atoms with Crippen molar-refractivity contribution in [3.8, 4) is 11.1 Å². The van der Waals surface area contributed by atoms with E-state index in [0.717, 1.165) is 17.5 Å². The van der Waals surface area contributed by atoms with Crippen molar-refractivity contribution in [3.05, 3.63) is 48.5 Å². The maximum absolute atomic E-state index is 12.4. The van der Waals surface area contributed by atoms with E-state index in [1.807, 2.05) is 12.1 Å². The van der Waals surface area contributed by atoms with Crippen LogP contribution in [0.1, 0.15) is 19.8 Å². The number of anilines is 1. The third kappa shape index (κ3) is 4.96. The summed E-state index contributed by atoms with van der Waals surface area (Å²) in [5.74, 6) is -0.0584. The molecule has 2 amide bonds. The highest BCUT2D eigenvalue weighted by atomic mass is 32.2. The predicted octanol–water partition coefficient (Wildman–Crippen LogP) is 2.21. The van der Waals surface area contributed by atoms with E-state index in [0.29, 0.717) is 25.2 Å². The molecule has 0 unspecified atom stereocenters. The molecular formula is C20H23N3O4S. The second kappa shape index (κ2) is 8.53. The third-order valence-electron chi connectivity index (χ3n) is 4.55. The van der Waals surface area contributed by atoms with E-state index >= 15 is 0 Å². The molecule has 2 aromatic carbocycles. The molecule has 0 aromatic heterocycles. The van der Waals surface area contributed by atoms with Gasteiger partial charge in [-0.25, -0.2) is 13.1 Å². The molecule has 0 aliphatic carbocycles. The maximum atomic E-state index is 12.4. The first-order valence-corrected chi connectivity index (χ1v) is 10.6. The Labute approximate surface area is 164 Å². The van der Waals surface area contributed by atoms with Crippen molar-refractivity contribution < 1.29 is 18.0 Å². The van der Waals surface area contributed by atoms with Crippen LogP contribution in [0.5, 0.6) is 0 Å². The van der Waals surface area contributed by atoms with Gasteiger partial charge in [-0.05, 0) is 41.8 Å². The molecule has 1 heterocycles. The number of likely N-dealkylation sites (tertiary alicyclic amines) is 1. The van der Waals surface area contributed by atoms with Gasteiger partial charge in [0.1, 0.15) is 0 Å². The van der Waals surface area contributed by atoms with Crippen LogP contribution in [0.4, 0.5) is 5.69 Å². The summed E-state index contributed by atoms with van der Waals surface area (Å²) in [6, 6.07) is 13.9. The van der Waals surface area contributed by atoms with Gasteiger partial charge in [0, 0.05) is 38.7 Å². The molecule has 148 valence electrons. The lowest BCUT2D eigenvalue weighted by Gasteiger charge is -2.15. The summed E-state index contributed by atoms with van der Waals surface area (Å²) in [5, 5.41) is 2.70. The molecule has 3 rings (SSSR count). The summed E-state index contributed by atoms with van der Waals surface area (Å²) in [6.45, 7) is 2.72. The lowest BCUT2D eigenvalue weighted by molar-refractivity contribution is -0.127. The van der Waals surface area contributed by atoms with Gasteiger partial charge in [0.25, 0.3) is 0 Å². The number of hydrogen-bond donors (Lipinski definition) is 2. The Balaban J connectivity index is 1.62. The van der Waals surface area contributed by atoms with Crippen molar-refractivity contribution in [3.63, 3.8) is 0 Å². The van der Waals surface area contributed by atoms with E-state index in [1.165, 1.54) is 6.92 Å². The van der Waals surface area contributed by atoms with Crippen LogP contribution in [0.25, 0.3) is 11.1 Å². The lowest BCUT2D eigenvalue weighted by atomic mass is 10.1. The molecule has 0 spiro atoms. The summed E-state index contributed by atoms with van der Waals surface area (Å²) in [5.41, 5.74) is 2.49. The fourth-order valence-electron chi connectivity index (χ4n) is 3.11. The molecule has 1 aliphatic heterocycles. The highest BCUT2D eigenvalue weighted by Gasteiger charge is 2.20. The number of rotatable bonds is 7. The van der Waals surface area contributed by atoms with Crippen molar-refractivity contribution in [2.24, 2.45) is 0 Å². The Morgan fingerprint density at radius 3 is 2.18 bits per heavy atom. The van der Waals surface area contributed by atoms with E-state index < -0.39 is 10.0 Å². The van der Waals surface area contributed by atoms with Crippen LogP contribution in [0.3, 0.4) is 0 Å². The summed E-state index contributed by atoms with van der Waals surface area (Å²) in [4.78, 5) is 24.5. The molecule has 0 saturated carbocycles. The van der Waals surface area contributed by atoms with Gasteiger partial charge in [0.15, 0.2) is 0 Å². The van der Waals surface area contributed by atoms with E-state index in [1.54, 1.807) is 41.3 Å². The van der Waals surface area contributed by atoms with Crippen LogP contribution in [0.2, 0.25) is 0 Å². The predicted molar refractivity (Wildman–Crippen MR) is 107 cm³/mol. The molecule has 1 aliphatic rings. The van der Waals surface area contributed by atoms with Gasteiger partial charge >= 0.3 is 0 Å². The highest BCUT2D eigenvalue weighted by molar-refractivity contribution is 7.89. The van der Waals surface area contributed by atoms with Gasteiger partial charge in [-0.1, -0.05) is 24.3 Å². The summed E-state index contributed by atoms with van der Waals surface area (Å²) in [6.07, 6.45) is 1.37. The molecule has 0 atom stereocenters. The minimum Gasteiger partial charge on any atom is -0.341 e. The van der Waals surface area contributed by atoms with Crippen LogP contribution in [-0.4, -0.2) is 44.8 Å². The Kier molecular flexibility index (Phi) is 6.11. The van der Waals surface area contributed by atoms with Crippen molar-refractivity contribution in [1.82, 2.24) is 9.62 Å². The van der Waals surface area contributed by atoms with E-state index in [4.69, 9.17) is 0 Å². The molecule has 8 heteroatoms. The van der Waals surface area contributed by atoms with E-state index in [2.05, 4.69) is 10.0 Å². The second-order valence-corrected chi connectivity index (χ2v) is 8.43. The van der Waals surface area contributed by atoms with Gasteiger partial charge in [-0.15, -0.1) is 0 Å². The first-order valence-electron chi connectivity index (χ1n) is 9.11. The molecule has 1 saturated heterocycles. The topological polar surface area (TPSA) is 95.6 Å². The quantitative estimate of drug-likeness (QED) is 0.744. The summed E-state index contributed by atoms with van der Waals surface area (Å²) >= 11 is 0. The first kappa shape index (κ1) is 20.0. The van der Waals surface area contributed by atoms with Crippen LogP contribution >= 0.6 is 0 Å². The van der Waals surface area contributed by atoms with Crippen molar-refractivity contribution >= 4 is 27.5 Å². The molecule has 28 heavy (non-hydrogen) atoms. The van der Waals surface area contributed by atoms with Gasteiger partial charge in [-0.3, -0.25) is 9.59 Å².